The summed E-state index contributed by atoms with van der Waals surface area (Å²) in [6, 6.07) is 16.7. The molecule has 0 saturated carbocycles. The van der Waals surface area contributed by atoms with Gasteiger partial charge in [-0.2, -0.15) is 0 Å². The molecule has 0 aromatic heterocycles. The number of hydrogen-bond acceptors (Lipinski definition) is 4. The van der Waals surface area contributed by atoms with Crippen LogP contribution < -0.4 is 15.4 Å². The second-order valence-electron chi connectivity index (χ2n) is 7.64. The van der Waals surface area contributed by atoms with Gasteiger partial charge in [0.05, 0.1) is 16.3 Å². The molecule has 3 N–H and O–H groups in total. The molecule has 0 aliphatic heterocycles. The first-order valence-corrected chi connectivity index (χ1v) is 11.4. The Morgan fingerprint density at radius 3 is 2.03 bits per heavy atom. The molecule has 8 heteroatoms. The summed E-state index contributed by atoms with van der Waals surface area (Å²) in [5.41, 5.74) is 4.07. The number of carbonyl (C=O) groups is 2. The number of nitrogens with one attached hydrogen (secondary N) is 3. The third-order valence-electron chi connectivity index (χ3n) is 4.77. The smallest absolute Gasteiger partial charge is 0.262 e. The average molecular weight is 452 g/mol. The second-order valence-corrected chi connectivity index (χ2v) is 9.29. The first-order chi connectivity index (χ1) is 15.0. The Balaban J connectivity index is 1.77. The van der Waals surface area contributed by atoms with E-state index in [-0.39, 0.29) is 16.7 Å². The van der Waals surface area contributed by atoms with E-state index < -0.39 is 10.0 Å². The molecular weight excluding hydrogens is 426 g/mol. The van der Waals surface area contributed by atoms with Crippen molar-refractivity contribution in [3.05, 3.63) is 82.9 Å². The van der Waals surface area contributed by atoms with E-state index in [9.17, 15) is 18.0 Å². The molecule has 0 radical (unpaired) electrons. The van der Waals surface area contributed by atoms with Crippen LogP contribution in [0.25, 0.3) is 0 Å². The van der Waals surface area contributed by atoms with Gasteiger partial charge in [-0.05, 0) is 79.9 Å². The molecule has 7 nitrogen and oxygen atoms in total. The third kappa shape index (κ3) is 5.53. The van der Waals surface area contributed by atoms with Crippen molar-refractivity contribution in [1.82, 2.24) is 0 Å². The van der Waals surface area contributed by atoms with Gasteiger partial charge in [-0.15, -0.1) is 0 Å². The molecule has 3 aromatic carbocycles. The number of benzene rings is 3. The summed E-state index contributed by atoms with van der Waals surface area (Å²) in [6.45, 7) is 6.84. The summed E-state index contributed by atoms with van der Waals surface area (Å²) < 4.78 is 28.1. The fourth-order valence-electron chi connectivity index (χ4n) is 3.15. The predicted molar refractivity (Wildman–Crippen MR) is 127 cm³/mol. The van der Waals surface area contributed by atoms with E-state index in [1.807, 2.05) is 26.0 Å². The lowest BCUT2D eigenvalue weighted by atomic mass is 10.1. The van der Waals surface area contributed by atoms with Gasteiger partial charge in [-0.25, -0.2) is 8.42 Å². The molecule has 0 saturated heterocycles. The Hall–Kier alpha value is -3.65. The lowest BCUT2D eigenvalue weighted by Crippen LogP contribution is -2.16. The van der Waals surface area contributed by atoms with E-state index in [0.717, 1.165) is 11.1 Å². The number of carbonyl (C=O) groups excluding carboxylic acids is 2. The van der Waals surface area contributed by atoms with Gasteiger partial charge in [0.15, 0.2) is 0 Å². The van der Waals surface area contributed by atoms with Gasteiger partial charge in [0.25, 0.3) is 15.9 Å². The molecule has 0 aliphatic carbocycles. The molecule has 3 aromatic rings. The quantitative estimate of drug-likeness (QED) is 0.508. The number of anilines is 3. The molecule has 0 atom stereocenters. The molecule has 0 heterocycles. The van der Waals surface area contributed by atoms with Crippen molar-refractivity contribution in [1.29, 1.82) is 0 Å². The SMILES string of the molecule is CC(=O)Nc1ccc(C)cc1NC(=O)c1ccc(NS(=O)(=O)c2cc(C)ccc2C)cc1. The van der Waals surface area contributed by atoms with E-state index in [4.69, 9.17) is 0 Å². The molecule has 0 spiro atoms. The van der Waals surface area contributed by atoms with Crippen LogP contribution >= 0.6 is 0 Å². The van der Waals surface area contributed by atoms with Gasteiger partial charge < -0.3 is 10.6 Å². The third-order valence-corrected chi connectivity index (χ3v) is 6.29. The van der Waals surface area contributed by atoms with Crippen LogP contribution in [0, 0.1) is 20.8 Å². The Bertz CT molecular complexity index is 1280. The van der Waals surface area contributed by atoms with Crippen LogP contribution in [-0.2, 0) is 14.8 Å². The summed E-state index contributed by atoms with van der Waals surface area (Å²) >= 11 is 0. The molecule has 0 bridgehead atoms. The maximum absolute atomic E-state index is 12.8. The van der Waals surface area contributed by atoms with Gasteiger partial charge in [0.2, 0.25) is 5.91 Å². The van der Waals surface area contributed by atoms with Crippen LogP contribution in [0.4, 0.5) is 17.1 Å². The van der Waals surface area contributed by atoms with E-state index in [1.54, 1.807) is 31.2 Å². The van der Waals surface area contributed by atoms with Crippen LogP contribution in [0.5, 0.6) is 0 Å². The molecule has 2 amide bonds. The maximum atomic E-state index is 12.8. The number of sulfonamides is 1. The maximum Gasteiger partial charge on any atom is 0.262 e. The predicted octanol–water partition coefficient (Wildman–Crippen LogP) is 4.62. The number of rotatable bonds is 6. The zero-order chi connectivity index (χ0) is 23.5. The van der Waals surface area contributed by atoms with Crippen molar-refractivity contribution in [3.63, 3.8) is 0 Å². The van der Waals surface area contributed by atoms with E-state index in [1.165, 1.54) is 31.2 Å². The van der Waals surface area contributed by atoms with E-state index in [2.05, 4.69) is 15.4 Å². The second kappa shape index (κ2) is 9.23. The Labute approximate surface area is 187 Å². The van der Waals surface area contributed by atoms with Gasteiger partial charge in [0.1, 0.15) is 0 Å². The largest absolute Gasteiger partial charge is 0.325 e. The van der Waals surface area contributed by atoms with Crippen LogP contribution in [0.2, 0.25) is 0 Å². The average Bonchev–Trinajstić information content (AvgIpc) is 2.71. The molecule has 32 heavy (non-hydrogen) atoms. The summed E-state index contributed by atoms with van der Waals surface area (Å²) in [5.74, 6) is -0.629. The molecule has 166 valence electrons. The van der Waals surface area contributed by atoms with Crippen molar-refractivity contribution in [2.45, 2.75) is 32.6 Å². The Morgan fingerprint density at radius 2 is 1.38 bits per heavy atom. The normalized spacial score (nSPS) is 11.0. The molecule has 3 rings (SSSR count). The van der Waals surface area contributed by atoms with E-state index >= 15 is 0 Å². The van der Waals surface area contributed by atoms with Crippen molar-refractivity contribution in [2.24, 2.45) is 0 Å². The Kier molecular flexibility index (Phi) is 6.64. The van der Waals surface area contributed by atoms with E-state index in [0.29, 0.717) is 28.2 Å². The Morgan fingerprint density at radius 1 is 0.750 bits per heavy atom. The highest BCUT2D eigenvalue weighted by Gasteiger charge is 2.17. The number of amides is 2. The lowest BCUT2D eigenvalue weighted by molar-refractivity contribution is -0.114. The number of hydrogen-bond donors (Lipinski definition) is 3. The highest BCUT2D eigenvalue weighted by atomic mass is 32.2. The zero-order valence-electron chi connectivity index (χ0n) is 18.3. The van der Waals surface area contributed by atoms with Crippen LogP contribution in [0.1, 0.15) is 34.0 Å². The van der Waals surface area contributed by atoms with Crippen LogP contribution in [0.15, 0.2) is 65.6 Å². The zero-order valence-corrected chi connectivity index (χ0v) is 19.1. The van der Waals surface area contributed by atoms with Gasteiger partial charge in [-0.1, -0.05) is 18.2 Å². The summed E-state index contributed by atoms with van der Waals surface area (Å²) in [6.07, 6.45) is 0. The first kappa shape index (κ1) is 23.0. The van der Waals surface area contributed by atoms with Crippen molar-refractivity contribution < 1.29 is 18.0 Å². The molecule has 0 aliphatic rings. The van der Waals surface area contributed by atoms with Crippen molar-refractivity contribution in [2.75, 3.05) is 15.4 Å². The number of aryl methyl sites for hydroxylation is 3. The minimum absolute atomic E-state index is 0.212. The van der Waals surface area contributed by atoms with Crippen LogP contribution in [0.3, 0.4) is 0 Å². The van der Waals surface area contributed by atoms with Crippen molar-refractivity contribution >= 4 is 38.9 Å². The van der Waals surface area contributed by atoms with Gasteiger partial charge in [-0.3, -0.25) is 14.3 Å². The highest BCUT2D eigenvalue weighted by molar-refractivity contribution is 7.92. The van der Waals surface area contributed by atoms with Gasteiger partial charge in [0, 0.05) is 18.2 Å². The topological polar surface area (TPSA) is 104 Å². The summed E-state index contributed by atoms with van der Waals surface area (Å²) in [5, 5.41) is 5.47. The van der Waals surface area contributed by atoms with Crippen molar-refractivity contribution in [3.8, 4) is 0 Å². The monoisotopic (exact) mass is 451 g/mol. The first-order valence-electron chi connectivity index (χ1n) is 9.95. The summed E-state index contributed by atoms with van der Waals surface area (Å²) in [4.78, 5) is 24.3. The standard InChI is InChI=1S/C24H25N3O4S/c1-15-6-12-21(25-18(4)28)22(13-15)26-24(29)19-8-10-20(11-9-19)27-32(30,31)23-14-16(2)5-7-17(23)3/h5-14,27H,1-4H3,(H,25,28)(H,26,29). The molecular formula is C24H25N3O4S. The fourth-order valence-corrected chi connectivity index (χ4v) is 4.54. The summed E-state index contributed by atoms with van der Waals surface area (Å²) in [7, 11) is -3.76. The molecule has 0 unspecified atom stereocenters. The highest BCUT2D eigenvalue weighted by Crippen LogP contribution is 2.25. The minimum Gasteiger partial charge on any atom is -0.325 e. The van der Waals surface area contributed by atoms with Gasteiger partial charge >= 0.3 is 0 Å². The fraction of sp³-hybridized carbons (Fsp3) is 0.167. The molecule has 0 fully saturated rings. The minimum atomic E-state index is -3.76. The van der Waals surface area contributed by atoms with Crippen LogP contribution in [-0.4, -0.2) is 20.2 Å². The lowest BCUT2D eigenvalue weighted by Gasteiger charge is -2.13.